The molecule has 0 radical (unpaired) electrons. The molecule has 0 fully saturated rings. The predicted molar refractivity (Wildman–Crippen MR) is 70.7 cm³/mol. The van der Waals surface area contributed by atoms with E-state index in [2.05, 4.69) is 29.8 Å². The van der Waals surface area contributed by atoms with Crippen molar-refractivity contribution < 1.29 is 9.66 Å². The first kappa shape index (κ1) is 14.0. The van der Waals surface area contributed by atoms with E-state index in [1.54, 1.807) is 12.1 Å². The molecule has 17 heavy (non-hydrogen) atoms. The van der Waals surface area contributed by atoms with Gasteiger partial charge >= 0.3 is 5.69 Å². The largest absolute Gasteiger partial charge is 0.487 e. The fraction of sp³-hybridized carbons (Fsp3) is 0.500. The van der Waals surface area contributed by atoms with Crippen molar-refractivity contribution in [2.24, 2.45) is 5.92 Å². The van der Waals surface area contributed by atoms with Crippen LogP contribution < -0.4 is 4.74 Å². The zero-order chi connectivity index (χ0) is 12.8. The van der Waals surface area contributed by atoms with Crippen LogP contribution in [-0.2, 0) is 5.33 Å². The lowest BCUT2D eigenvalue weighted by Crippen LogP contribution is -2.08. The van der Waals surface area contributed by atoms with Gasteiger partial charge in [-0.05, 0) is 17.5 Å². The van der Waals surface area contributed by atoms with Crippen molar-refractivity contribution in [2.45, 2.75) is 25.6 Å². The van der Waals surface area contributed by atoms with Gasteiger partial charge in [-0.1, -0.05) is 42.3 Å². The highest BCUT2D eigenvalue weighted by Gasteiger charge is 2.16. The Morgan fingerprint density at radius 3 is 2.76 bits per heavy atom. The Morgan fingerprint density at radius 1 is 1.53 bits per heavy atom. The summed E-state index contributed by atoms with van der Waals surface area (Å²) in [5, 5.41) is 11.5. The van der Waals surface area contributed by atoms with Crippen LogP contribution in [0.25, 0.3) is 0 Å². The molecule has 1 rings (SSSR count). The van der Waals surface area contributed by atoms with Crippen LogP contribution >= 0.6 is 15.9 Å². The molecule has 1 unspecified atom stereocenters. The van der Waals surface area contributed by atoms with E-state index >= 15 is 0 Å². The van der Waals surface area contributed by atoms with Crippen LogP contribution in [0, 0.1) is 16.0 Å². The fourth-order valence-electron chi connectivity index (χ4n) is 1.26. The van der Waals surface area contributed by atoms with Crippen LogP contribution in [0.1, 0.15) is 25.8 Å². The minimum atomic E-state index is -0.413. The average molecular weight is 302 g/mol. The minimum Gasteiger partial charge on any atom is -0.487 e. The third-order valence-electron chi connectivity index (χ3n) is 2.60. The Balaban J connectivity index is 2.89. The molecule has 1 aromatic carbocycles. The molecule has 4 nitrogen and oxygen atoms in total. The van der Waals surface area contributed by atoms with Crippen LogP contribution in [0.3, 0.4) is 0 Å². The highest BCUT2D eigenvalue weighted by molar-refractivity contribution is 9.08. The number of hydrogen-bond acceptors (Lipinski definition) is 3. The summed E-state index contributed by atoms with van der Waals surface area (Å²) in [4.78, 5) is 10.4. The van der Waals surface area contributed by atoms with Crippen molar-refractivity contribution in [3.63, 3.8) is 0 Å². The average Bonchev–Trinajstić information content (AvgIpc) is 2.35. The summed E-state index contributed by atoms with van der Waals surface area (Å²) in [7, 11) is 0. The monoisotopic (exact) mass is 301 g/mol. The maximum Gasteiger partial charge on any atom is 0.310 e. The second kappa shape index (κ2) is 6.59. The van der Waals surface area contributed by atoms with Crippen molar-refractivity contribution in [2.75, 3.05) is 6.61 Å². The fourth-order valence-corrected chi connectivity index (χ4v) is 1.61. The molecule has 0 aliphatic rings. The van der Waals surface area contributed by atoms with Crippen LogP contribution in [-0.4, -0.2) is 11.5 Å². The van der Waals surface area contributed by atoms with E-state index < -0.39 is 4.92 Å². The number of ether oxygens (including phenoxy) is 1. The van der Waals surface area contributed by atoms with Gasteiger partial charge in [0.05, 0.1) is 11.5 Å². The second-order valence-corrected chi connectivity index (χ2v) is 4.58. The van der Waals surface area contributed by atoms with E-state index in [9.17, 15) is 10.1 Å². The molecule has 0 heterocycles. The Kier molecular flexibility index (Phi) is 5.41. The first-order valence-electron chi connectivity index (χ1n) is 5.54. The number of halogens is 1. The number of nitro benzene ring substituents is 1. The van der Waals surface area contributed by atoms with Gasteiger partial charge in [0.15, 0.2) is 5.75 Å². The molecule has 0 bridgehead atoms. The maximum absolute atomic E-state index is 10.8. The lowest BCUT2D eigenvalue weighted by molar-refractivity contribution is -0.385. The summed E-state index contributed by atoms with van der Waals surface area (Å²) in [5.74, 6) is 0.745. The van der Waals surface area contributed by atoms with Gasteiger partial charge in [0.25, 0.3) is 0 Å². The summed E-state index contributed by atoms with van der Waals surface area (Å²) in [5.41, 5.74) is 0.993. The van der Waals surface area contributed by atoms with Gasteiger partial charge in [-0.2, -0.15) is 0 Å². The van der Waals surface area contributed by atoms with Crippen molar-refractivity contribution in [1.29, 1.82) is 0 Å². The van der Waals surface area contributed by atoms with E-state index in [1.807, 2.05) is 0 Å². The van der Waals surface area contributed by atoms with Crippen molar-refractivity contribution >= 4 is 21.6 Å². The third kappa shape index (κ3) is 4.00. The summed E-state index contributed by atoms with van der Waals surface area (Å²) in [6.45, 7) is 4.63. The van der Waals surface area contributed by atoms with Gasteiger partial charge < -0.3 is 4.74 Å². The molecule has 1 atom stereocenters. The van der Waals surface area contributed by atoms with E-state index in [1.165, 1.54) is 6.07 Å². The van der Waals surface area contributed by atoms with Crippen LogP contribution in [0.15, 0.2) is 18.2 Å². The second-order valence-electron chi connectivity index (χ2n) is 4.02. The van der Waals surface area contributed by atoms with Crippen molar-refractivity contribution in [1.82, 2.24) is 0 Å². The number of rotatable bonds is 6. The number of benzene rings is 1. The van der Waals surface area contributed by atoms with Gasteiger partial charge in [-0.15, -0.1) is 0 Å². The Hall–Kier alpha value is -1.10. The van der Waals surface area contributed by atoms with Gasteiger partial charge in [-0.25, -0.2) is 0 Å². The summed E-state index contributed by atoms with van der Waals surface area (Å²) >= 11 is 3.32. The number of alkyl halides is 1. The van der Waals surface area contributed by atoms with Crippen molar-refractivity contribution in [3.8, 4) is 5.75 Å². The Morgan fingerprint density at radius 2 is 2.24 bits per heavy atom. The van der Waals surface area contributed by atoms with E-state index in [0.29, 0.717) is 23.6 Å². The molecule has 0 spiro atoms. The molecule has 0 aliphatic carbocycles. The standard InChI is InChI=1S/C12H16BrNO3/c1-3-9(2)8-17-12-6-10(7-13)4-5-11(12)14(15)16/h4-6,9H,3,7-8H2,1-2H3. The minimum absolute atomic E-state index is 0.0259. The normalized spacial score (nSPS) is 12.2. The summed E-state index contributed by atoms with van der Waals surface area (Å²) in [6, 6.07) is 4.93. The van der Waals surface area contributed by atoms with Gasteiger partial charge in [0.2, 0.25) is 0 Å². The lowest BCUT2D eigenvalue weighted by atomic mass is 10.1. The highest BCUT2D eigenvalue weighted by Crippen LogP contribution is 2.29. The summed E-state index contributed by atoms with van der Waals surface area (Å²) in [6.07, 6.45) is 0.992. The zero-order valence-electron chi connectivity index (χ0n) is 9.98. The molecule has 0 saturated heterocycles. The lowest BCUT2D eigenvalue weighted by Gasteiger charge is -2.11. The maximum atomic E-state index is 10.8. The highest BCUT2D eigenvalue weighted by atomic mass is 79.9. The molecule has 0 saturated carbocycles. The molecule has 5 heteroatoms. The third-order valence-corrected chi connectivity index (χ3v) is 3.24. The Labute approximate surface area is 109 Å². The van der Waals surface area contributed by atoms with Crippen LogP contribution in [0.4, 0.5) is 5.69 Å². The number of nitrogens with zero attached hydrogens (tertiary/aromatic N) is 1. The molecule has 0 amide bonds. The quantitative estimate of drug-likeness (QED) is 0.455. The summed E-state index contributed by atoms with van der Waals surface area (Å²) < 4.78 is 5.53. The smallest absolute Gasteiger partial charge is 0.310 e. The number of nitro groups is 1. The number of hydrogen-bond donors (Lipinski definition) is 0. The Bertz CT molecular complexity index is 395. The van der Waals surface area contributed by atoms with Crippen LogP contribution in [0.2, 0.25) is 0 Å². The first-order valence-corrected chi connectivity index (χ1v) is 6.66. The van der Waals surface area contributed by atoms with Gasteiger partial charge in [-0.3, -0.25) is 10.1 Å². The van der Waals surface area contributed by atoms with Gasteiger partial charge in [0.1, 0.15) is 0 Å². The molecular formula is C12H16BrNO3. The molecule has 0 aliphatic heterocycles. The molecule has 0 aromatic heterocycles. The van der Waals surface area contributed by atoms with Crippen molar-refractivity contribution in [3.05, 3.63) is 33.9 Å². The molecule has 0 N–H and O–H groups in total. The first-order chi connectivity index (χ1) is 8.08. The van der Waals surface area contributed by atoms with Crippen LogP contribution in [0.5, 0.6) is 5.75 Å². The predicted octanol–water partition coefficient (Wildman–Crippen LogP) is 3.91. The molecular weight excluding hydrogens is 286 g/mol. The SMILES string of the molecule is CCC(C)COc1cc(CBr)ccc1[N+](=O)[O-]. The van der Waals surface area contributed by atoms with E-state index in [-0.39, 0.29) is 5.69 Å². The van der Waals surface area contributed by atoms with E-state index in [0.717, 1.165) is 12.0 Å². The molecule has 94 valence electrons. The van der Waals surface area contributed by atoms with E-state index in [4.69, 9.17) is 4.74 Å². The van der Waals surface area contributed by atoms with Gasteiger partial charge in [0, 0.05) is 11.4 Å². The zero-order valence-corrected chi connectivity index (χ0v) is 11.6. The topological polar surface area (TPSA) is 52.4 Å². The molecule has 1 aromatic rings.